The van der Waals surface area contributed by atoms with Gasteiger partial charge in [0.15, 0.2) is 0 Å². The lowest BCUT2D eigenvalue weighted by Crippen LogP contribution is -2.54. The monoisotopic (exact) mass is 234 g/mol. The Morgan fingerprint density at radius 3 is 2.71 bits per heavy atom. The minimum atomic E-state index is -0.412. The van der Waals surface area contributed by atoms with Gasteiger partial charge in [0.25, 0.3) is 0 Å². The maximum Gasteiger partial charge on any atom is 0.248 e. The van der Waals surface area contributed by atoms with E-state index in [1.54, 1.807) is 18.3 Å². The van der Waals surface area contributed by atoms with E-state index >= 15 is 0 Å². The molecule has 2 rings (SSSR count). The normalized spacial score (nSPS) is 24.7. The molecule has 5 nitrogen and oxygen atoms in total. The lowest BCUT2D eigenvalue weighted by Gasteiger charge is -2.36. The highest BCUT2D eigenvalue weighted by molar-refractivity contribution is 5.93. The Labute approximate surface area is 101 Å². The van der Waals surface area contributed by atoms with Crippen LogP contribution in [-0.2, 0) is 0 Å². The summed E-state index contributed by atoms with van der Waals surface area (Å²) in [5.74, 6) is 0.409. The summed E-state index contributed by atoms with van der Waals surface area (Å²) < 4.78 is 0. The number of nitrogens with zero attached hydrogens (tertiary/aromatic N) is 2. The number of carbonyl (C=O) groups excluding carboxylic acids is 1. The molecule has 0 aromatic carbocycles. The van der Waals surface area contributed by atoms with Crippen LogP contribution in [0.2, 0.25) is 0 Å². The zero-order valence-electron chi connectivity index (χ0n) is 10.2. The minimum absolute atomic E-state index is 0.412. The molecule has 3 N–H and O–H groups in total. The second-order valence-electron chi connectivity index (χ2n) is 4.64. The quantitative estimate of drug-likeness (QED) is 0.775. The minimum Gasteiger partial charge on any atom is -0.366 e. The highest BCUT2D eigenvalue weighted by Crippen LogP contribution is 2.16. The Morgan fingerprint density at radius 2 is 2.12 bits per heavy atom. The van der Waals surface area contributed by atoms with E-state index in [9.17, 15) is 4.79 Å². The molecule has 1 aromatic heterocycles. The largest absolute Gasteiger partial charge is 0.366 e. The number of rotatable bonds is 2. The average molecular weight is 234 g/mol. The first kappa shape index (κ1) is 11.9. The molecule has 1 aliphatic heterocycles. The molecule has 17 heavy (non-hydrogen) atoms. The third-order valence-electron chi connectivity index (χ3n) is 2.91. The molecule has 2 unspecified atom stereocenters. The Kier molecular flexibility index (Phi) is 3.28. The zero-order valence-corrected chi connectivity index (χ0v) is 10.2. The van der Waals surface area contributed by atoms with Crippen molar-refractivity contribution in [1.82, 2.24) is 10.3 Å². The number of nitrogens with one attached hydrogen (secondary N) is 1. The van der Waals surface area contributed by atoms with E-state index in [1.165, 1.54) is 0 Å². The first-order valence-electron chi connectivity index (χ1n) is 5.83. The number of hydrogen-bond acceptors (Lipinski definition) is 4. The van der Waals surface area contributed by atoms with Gasteiger partial charge < -0.3 is 16.0 Å². The summed E-state index contributed by atoms with van der Waals surface area (Å²) >= 11 is 0. The van der Waals surface area contributed by atoms with E-state index < -0.39 is 5.91 Å². The van der Waals surface area contributed by atoms with Crippen LogP contribution in [0.1, 0.15) is 24.2 Å². The summed E-state index contributed by atoms with van der Waals surface area (Å²) in [6.45, 7) is 6.06. The van der Waals surface area contributed by atoms with Crippen LogP contribution in [-0.4, -0.2) is 36.1 Å². The Balaban J connectivity index is 2.21. The first-order chi connectivity index (χ1) is 8.06. The molecule has 1 amide bonds. The number of anilines is 1. The van der Waals surface area contributed by atoms with Crippen molar-refractivity contribution in [3.05, 3.63) is 23.9 Å². The van der Waals surface area contributed by atoms with Gasteiger partial charge in [-0.25, -0.2) is 4.98 Å². The molecule has 0 radical (unpaired) electrons. The molecule has 1 fully saturated rings. The Hall–Kier alpha value is -1.62. The van der Waals surface area contributed by atoms with Crippen LogP contribution in [0.15, 0.2) is 18.3 Å². The number of nitrogens with two attached hydrogens (primary N) is 1. The SMILES string of the molecule is CC1CN(c2cc(C(N)=O)ccn2)CC(C)N1. The molecule has 2 heterocycles. The summed E-state index contributed by atoms with van der Waals surface area (Å²) in [5.41, 5.74) is 5.78. The Morgan fingerprint density at radius 1 is 1.47 bits per heavy atom. The van der Waals surface area contributed by atoms with Crippen molar-refractivity contribution in [2.45, 2.75) is 25.9 Å². The fourth-order valence-electron chi connectivity index (χ4n) is 2.26. The van der Waals surface area contributed by atoms with E-state index in [4.69, 9.17) is 5.73 Å². The summed E-state index contributed by atoms with van der Waals surface area (Å²) in [5, 5.41) is 3.46. The smallest absolute Gasteiger partial charge is 0.248 e. The molecular weight excluding hydrogens is 216 g/mol. The van der Waals surface area contributed by atoms with Gasteiger partial charge in [-0.1, -0.05) is 0 Å². The van der Waals surface area contributed by atoms with Crippen LogP contribution in [0.5, 0.6) is 0 Å². The molecule has 2 atom stereocenters. The maximum atomic E-state index is 11.1. The molecule has 1 aliphatic rings. The molecule has 0 spiro atoms. The van der Waals surface area contributed by atoms with Gasteiger partial charge in [-0.3, -0.25) is 4.79 Å². The van der Waals surface area contributed by atoms with Crippen LogP contribution in [0.25, 0.3) is 0 Å². The van der Waals surface area contributed by atoms with Gasteiger partial charge in [0.1, 0.15) is 5.82 Å². The van der Waals surface area contributed by atoms with Crippen molar-refractivity contribution in [2.75, 3.05) is 18.0 Å². The van der Waals surface area contributed by atoms with Crippen LogP contribution in [0, 0.1) is 0 Å². The first-order valence-corrected chi connectivity index (χ1v) is 5.83. The van der Waals surface area contributed by atoms with Crippen molar-refractivity contribution >= 4 is 11.7 Å². The third-order valence-corrected chi connectivity index (χ3v) is 2.91. The number of pyridine rings is 1. The average Bonchev–Trinajstić information content (AvgIpc) is 2.28. The summed E-state index contributed by atoms with van der Waals surface area (Å²) in [6, 6.07) is 4.23. The second-order valence-corrected chi connectivity index (χ2v) is 4.64. The predicted octanol–water partition coefficient (Wildman–Crippen LogP) is 0.367. The fraction of sp³-hybridized carbons (Fsp3) is 0.500. The summed E-state index contributed by atoms with van der Waals surface area (Å²) in [4.78, 5) is 17.6. The number of primary amides is 1. The van der Waals surface area contributed by atoms with Crippen molar-refractivity contribution in [3.63, 3.8) is 0 Å². The van der Waals surface area contributed by atoms with Crippen LogP contribution < -0.4 is 16.0 Å². The highest BCUT2D eigenvalue weighted by Gasteiger charge is 2.22. The van der Waals surface area contributed by atoms with Gasteiger partial charge >= 0.3 is 0 Å². The Bertz CT molecular complexity index is 411. The molecule has 1 aromatic rings. The van der Waals surface area contributed by atoms with Crippen molar-refractivity contribution in [1.29, 1.82) is 0 Å². The third kappa shape index (κ3) is 2.74. The van der Waals surface area contributed by atoms with Crippen LogP contribution in [0.3, 0.4) is 0 Å². The van der Waals surface area contributed by atoms with Crippen molar-refractivity contribution in [3.8, 4) is 0 Å². The van der Waals surface area contributed by atoms with E-state index in [0.717, 1.165) is 18.9 Å². The summed E-state index contributed by atoms with van der Waals surface area (Å²) in [7, 11) is 0. The molecular formula is C12H18N4O. The molecule has 5 heteroatoms. The van der Waals surface area contributed by atoms with Gasteiger partial charge in [-0.05, 0) is 26.0 Å². The number of carbonyl (C=O) groups is 1. The molecule has 0 aliphatic carbocycles. The van der Waals surface area contributed by atoms with Gasteiger partial charge in [0.2, 0.25) is 5.91 Å². The van der Waals surface area contributed by atoms with E-state index in [0.29, 0.717) is 17.6 Å². The molecule has 0 saturated carbocycles. The van der Waals surface area contributed by atoms with E-state index in [-0.39, 0.29) is 0 Å². The summed E-state index contributed by atoms with van der Waals surface area (Å²) in [6.07, 6.45) is 1.63. The van der Waals surface area contributed by atoms with E-state index in [1.807, 2.05) is 0 Å². The molecule has 0 bridgehead atoms. The highest BCUT2D eigenvalue weighted by atomic mass is 16.1. The van der Waals surface area contributed by atoms with Gasteiger partial charge in [0.05, 0.1) is 0 Å². The van der Waals surface area contributed by atoms with Gasteiger partial charge in [0, 0.05) is 36.9 Å². The van der Waals surface area contributed by atoms with Crippen molar-refractivity contribution in [2.24, 2.45) is 5.73 Å². The fourth-order valence-corrected chi connectivity index (χ4v) is 2.26. The topological polar surface area (TPSA) is 71.2 Å². The van der Waals surface area contributed by atoms with Gasteiger partial charge in [-0.2, -0.15) is 0 Å². The zero-order chi connectivity index (χ0) is 12.4. The number of hydrogen-bond donors (Lipinski definition) is 2. The standard InChI is InChI=1S/C12H18N4O/c1-8-6-16(7-9(2)15-8)11-5-10(12(13)17)3-4-14-11/h3-5,8-9,15H,6-7H2,1-2H3,(H2,13,17). The predicted molar refractivity (Wildman–Crippen MR) is 67.0 cm³/mol. The number of piperazine rings is 1. The van der Waals surface area contributed by atoms with E-state index in [2.05, 4.69) is 29.0 Å². The molecule has 1 saturated heterocycles. The second kappa shape index (κ2) is 4.71. The number of amides is 1. The maximum absolute atomic E-state index is 11.1. The lowest BCUT2D eigenvalue weighted by molar-refractivity contribution is 0.1000. The molecule has 92 valence electrons. The lowest BCUT2D eigenvalue weighted by atomic mass is 10.1. The van der Waals surface area contributed by atoms with Gasteiger partial charge in [-0.15, -0.1) is 0 Å². The van der Waals surface area contributed by atoms with Crippen LogP contribution in [0.4, 0.5) is 5.82 Å². The van der Waals surface area contributed by atoms with Crippen LogP contribution >= 0.6 is 0 Å². The number of aromatic nitrogens is 1. The van der Waals surface area contributed by atoms with Crippen molar-refractivity contribution < 1.29 is 4.79 Å².